The average Bonchev–Trinajstić information content (AvgIpc) is 2.75. The molecule has 0 heterocycles. The Bertz CT molecular complexity index is 261. The predicted octanol–water partition coefficient (Wildman–Crippen LogP) is 0.285. The number of hydrogen-bond donors (Lipinski definition) is 3. The van der Waals surface area contributed by atoms with Crippen molar-refractivity contribution in [2.24, 2.45) is 22.2 Å². The van der Waals surface area contributed by atoms with E-state index in [0.29, 0.717) is 13.0 Å². The van der Waals surface area contributed by atoms with Crippen molar-refractivity contribution in [2.45, 2.75) is 26.7 Å². The van der Waals surface area contributed by atoms with Gasteiger partial charge in [0.15, 0.2) is 0 Å². The molecule has 0 spiro atoms. The Balaban J connectivity index is 2.17. The standard InChI is InChI=1S/C9H17N3O2/c1-9(2)5-6(9)8(13)11-4-3-7(10)12-14/h6,14H,3-5H2,1-2H3,(H2,10,12)(H,11,13). The van der Waals surface area contributed by atoms with Gasteiger partial charge in [-0.2, -0.15) is 0 Å². The zero-order valence-corrected chi connectivity index (χ0v) is 8.58. The molecule has 1 atom stereocenters. The number of amides is 1. The van der Waals surface area contributed by atoms with Gasteiger partial charge in [0.05, 0.1) is 0 Å². The van der Waals surface area contributed by atoms with Crippen molar-refractivity contribution < 1.29 is 10.0 Å². The molecule has 4 N–H and O–H groups in total. The summed E-state index contributed by atoms with van der Waals surface area (Å²) >= 11 is 0. The Labute approximate surface area is 83.3 Å². The fourth-order valence-electron chi connectivity index (χ4n) is 1.40. The third kappa shape index (κ3) is 2.61. The van der Waals surface area contributed by atoms with Crippen LogP contribution in [0.4, 0.5) is 0 Å². The summed E-state index contributed by atoms with van der Waals surface area (Å²) in [5, 5.41) is 13.8. The lowest BCUT2D eigenvalue weighted by atomic mass is 10.1. The van der Waals surface area contributed by atoms with Gasteiger partial charge in [-0.05, 0) is 11.8 Å². The first-order valence-corrected chi connectivity index (χ1v) is 4.71. The molecule has 0 aromatic carbocycles. The molecule has 5 heteroatoms. The smallest absolute Gasteiger partial charge is 0.223 e. The van der Waals surface area contributed by atoms with Gasteiger partial charge in [-0.1, -0.05) is 19.0 Å². The van der Waals surface area contributed by atoms with Crippen molar-refractivity contribution in [3.8, 4) is 0 Å². The topological polar surface area (TPSA) is 87.7 Å². The number of nitrogens with two attached hydrogens (primary N) is 1. The lowest BCUT2D eigenvalue weighted by Crippen LogP contribution is -2.30. The second-order valence-corrected chi connectivity index (χ2v) is 4.38. The van der Waals surface area contributed by atoms with Gasteiger partial charge in [-0.25, -0.2) is 0 Å². The summed E-state index contributed by atoms with van der Waals surface area (Å²) in [4.78, 5) is 11.4. The Hall–Kier alpha value is -1.26. The summed E-state index contributed by atoms with van der Waals surface area (Å²) in [6.45, 7) is 4.57. The second-order valence-electron chi connectivity index (χ2n) is 4.38. The van der Waals surface area contributed by atoms with Crippen LogP contribution in [0.5, 0.6) is 0 Å². The van der Waals surface area contributed by atoms with Crippen LogP contribution < -0.4 is 11.1 Å². The number of carbonyl (C=O) groups excluding carboxylic acids is 1. The van der Waals surface area contributed by atoms with E-state index in [1.165, 1.54) is 0 Å². The molecular weight excluding hydrogens is 182 g/mol. The van der Waals surface area contributed by atoms with E-state index in [4.69, 9.17) is 10.9 Å². The van der Waals surface area contributed by atoms with Crippen LogP contribution in [0.15, 0.2) is 5.16 Å². The molecule has 0 aromatic rings. The molecule has 0 saturated heterocycles. The summed E-state index contributed by atoms with van der Waals surface area (Å²) in [5.74, 6) is 0.343. The van der Waals surface area contributed by atoms with E-state index in [2.05, 4.69) is 24.3 Å². The van der Waals surface area contributed by atoms with E-state index in [1.807, 2.05) is 0 Å². The maximum Gasteiger partial charge on any atom is 0.223 e. The van der Waals surface area contributed by atoms with Crippen LogP contribution in [0.3, 0.4) is 0 Å². The normalized spacial score (nSPS) is 24.4. The average molecular weight is 199 g/mol. The Kier molecular flexibility index (Phi) is 2.98. The van der Waals surface area contributed by atoms with Crippen LogP contribution in [-0.4, -0.2) is 23.5 Å². The molecule has 5 nitrogen and oxygen atoms in total. The molecule has 1 saturated carbocycles. The van der Waals surface area contributed by atoms with Gasteiger partial charge in [0.1, 0.15) is 5.84 Å². The summed E-state index contributed by atoms with van der Waals surface area (Å²) in [6, 6.07) is 0. The van der Waals surface area contributed by atoms with Crippen molar-refractivity contribution in [1.29, 1.82) is 0 Å². The molecule has 1 unspecified atom stereocenters. The van der Waals surface area contributed by atoms with Crippen molar-refractivity contribution >= 4 is 11.7 Å². The molecular formula is C9H17N3O2. The van der Waals surface area contributed by atoms with Crippen LogP contribution in [0.2, 0.25) is 0 Å². The first kappa shape index (κ1) is 10.8. The van der Waals surface area contributed by atoms with E-state index in [1.54, 1.807) is 0 Å². The fourth-order valence-corrected chi connectivity index (χ4v) is 1.40. The van der Waals surface area contributed by atoms with E-state index < -0.39 is 0 Å². The Morgan fingerprint density at radius 1 is 1.71 bits per heavy atom. The highest BCUT2D eigenvalue weighted by Crippen LogP contribution is 2.51. The number of nitrogens with zero attached hydrogens (tertiary/aromatic N) is 1. The lowest BCUT2D eigenvalue weighted by molar-refractivity contribution is -0.122. The van der Waals surface area contributed by atoms with Gasteiger partial charge in [0, 0.05) is 18.9 Å². The third-order valence-electron chi connectivity index (χ3n) is 2.64. The minimum absolute atomic E-state index is 0.0701. The highest BCUT2D eigenvalue weighted by Gasteiger charge is 2.50. The van der Waals surface area contributed by atoms with Crippen LogP contribution in [0.25, 0.3) is 0 Å². The molecule has 80 valence electrons. The second kappa shape index (κ2) is 3.86. The monoisotopic (exact) mass is 199 g/mol. The summed E-state index contributed by atoms with van der Waals surface area (Å²) in [5.41, 5.74) is 5.41. The van der Waals surface area contributed by atoms with Gasteiger partial charge >= 0.3 is 0 Å². The minimum atomic E-state index is 0.0701. The number of nitrogens with one attached hydrogen (secondary N) is 1. The van der Waals surface area contributed by atoms with Crippen molar-refractivity contribution in [2.75, 3.05) is 6.54 Å². The number of carbonyl (C=O) groups is 1. The van der Waals surface area contributed by atoms with Gasteiger partial charge in [-0.15, -0.1) is 0 Å². The fraction of sp³-hybridized carbons (Fsp3) is 0.778. The molecule has 1 amide bonds. The Morgan fingerprint density at radius 3 is 2.71 bits per heavy atom. The molecule has 0 aromatic heterocycles. The zero-order chi connectivity index (χ0) is 10.8. The molecule has 0 bridgehead atoms. The van der Waals surface area contributed by atoms with Gasteiger partial charge in [0.25, 0.3) is 0 Å². The quantitative estimate of drug-likeness (QED) is 0.263. The lowest BCUT2D eigenvalue weighted by Gasteiger charge is -2.05. The van der Waals surface area contributed by atoms with Crippen molar-refractivity contribution in [3.63, 3.8) is 0 Å². The number of hydrogen-bond acceptors (Lipinski definition) is 3. The first-order chi connectivity index (χ1) is 6.47. The van der Waals surface area contributed by atoms with E-state index in [0.717, 1.165) is 6.42 Å². The van der Waals surface area contributed by atoms with Crippen LogP contribution in [0.1, 0.15) is 26.7 Å². The van der Waals surface area contributed by atoms with Crippen molar-refractivity contribution in [1.82, 2.24) is 5.32 Å². The highest BCUT2D eigenvalue weighted by atomic mass is 16.4. The summed E-state index contributed by atoms with van der Waals surface area (Å²) < 4.78 is 0. The van der Waals surface area contributed by atoms with Gasteiger partial charge in [0.2, 0.25) is 5.91 Å². The molecule has 1 rings (SSSR count). The van der Waals surface area contributed by atoms with E-state index in [9.17, 15) is 4.79 Å². The van der Waals surface area contributed by atoms with E-state index >= 15 is 0 Å². The zero-order valence-electron chi connectivity index (χ0n) is 8.58. The maximum atomic E-state index is 11.4. The number of oxime groups is 1. The molecule has 0 radical (unpaired) electrons. The minimum Gasteiger partial charge on any atom is -0.409 e. The molecule has 0 aliphatic heterocycles. The van der Waals surface area contributed by atoms with Crippen LogP contribution >= 0.6 is 0 Å². The van der Waals surface area contributed by atoms with Gasteiger partial charge in [-0.3, -0.25) is 4.79 Å². The van der Waals surface area contributed by atoms with Gasteiger partial charge < -0.3 is 16.3 Å². The highest BCUT2D eigenvalue weighted by molar-refractivity contribution is 5.84. The SMILES string of the molecule is CC1(C)CC1C(=O)NCCC(N)=NO. The number of amidine groups is 1. The van der Waals surface area contributed by atoms with Crippen LogP contribution in [-0.2, 0) is 4.79 Å². The summed E-state index contributed by atoms with van der Waals surface area (Å²) in [6.07, 6.45) is 1.33. The first-order valence-electron chi connectivity index (χ1n) is 4.71. The molecule has 1 aliphatic carbocycles. The third-order valence-corrected chi connectivity index (χ3v) is 2.64. The number of rotatable bonds is 4. The van der Waals surface area contributed by atoms with Crippen molar-refractivity contribution in [3.05, 3.63) is 0 Å². The largest absolute Gasteiger partial charge is 0.409 e. The van der Waals surface area contributed by atoms with E-state index in [-0.39, 0.29) is 23.1 Å². The predicted molar refractivity (Wildman–Crippen MR) is 52.9 cm³/mol. The maximum absolute atomic E-state index is 11.4. The Morgan fingerprint density at radius 2 is 2.29 bits per heavy atom. The summed E-state index contributed by atoms with van der Waals surface area (Å²) in [7, 11) is 0. The molecule has 1 fully saturated rings. The molecule has 14 heavy (non-hydrogen) atoms. The molecule has 1 aliphatic rings. The van der Waals surface area contributed by atoms with Crippen LogP contribution in [0, 0.1) is 11.3 Å².